The van der Waals surface area contributed by atoms with Gasteiger partial charge in [0, 0.05) is 18.2 Å². The lowest BCUT2D eigenvalue weighted by molar-refractivity contribution is 0.108. The largest absolute Gasteiger partial charge is 0.392 e. The van der Waals surface area contributed by atoms with E-state index in [1.54, 1.807) is 6.92 Å². The summed E-state index contributed by atoms with van der Waals surface area (Å²) in [5.74, 6) is -1.22. The average molecular weight is 259 g/mol. The van der Waals surface area contributed by atoms with Crippen molar-refractivity contribution in [2.45, 2.75) is 38.5 Å². The quantitative estimate of drug-likeness (QED) is 0.729. The van der Waals surface area contributed by atoms with Gasteiger partial charge in [-0.05, 0) is 31.5 Å². The zero-order valence-corrected chi connectivity index (χ0v) is 10.5. The van der Waals surface area contributed by atoms with Crippen molar-refractivity contribution in [3.8, 4) is 0 Å². The minimum absolute atomic E-state index is 0.0695. The molecule has 0 bridgehead atoms. The molecular formula is C13H19F2NO2. The summed E-state index contributed by atoms with van der Waals surface area (Å²) >= 11 is 0. The molecule has 3 unspecified atom stereocenters. The fourth-order valence-electron chi connectivity index (χ4n) is 1.76. The molecule has 0 aromatic heterocycles. The van der Waals surface area contributed by atoms with Crippen LogP contribution in [0.25, 0.3) is 0 Å². The highest BCUT2D eigenvalue weighted by Crippen LogP contribution is 2.22. The maximum absolute atomic E-state index is 13.5. The van der Waals surface area contributed by atoms with Crippen LogP contribution in [-0.2, 0) is 0 Å². The third-order valence-electron chi connectivity index (χ3n) is 2.77. The summed E-state index contributed by atoms with van der Waals surface area (Å²) in [4.78, 5) is 0. The van der Waals surface area contributed by atoms with E-state index in [9.17, 15) is 13.9 Å². The number of aliphatic hydroxyl groups is 2. The summed E-state index contributed by atoms with van der Waals surface area (Å²) in [7, 11) is 0. The fraction of sp³-hybridized carbons (Fsp3) is 0.538. The number of nitrogens with one attached hydrogen (secondary N) is 1. The molecule has 0 saturated carbocycles. The van der Waals surface area contributed by atoms with Crippen molar-refractivity contribution < 1.29 is 19.0 Å². The molecule has 3 N–H and O–H groups in total. The first-order valence-electron chi connectivity index (χ1n) is 6.00. The lowest BCUT2D eigenvalue weighted by Gasteiger charge is -2.24. The second-order valence-electron chi connectivity index (χ2n) is 4.38. The van der Waals surface area contributed by atoms with E-state index in [4.69, 9.17) is 5.11 Å². The minimum Gasteiger partial charge on any atom is -0.392 e. The monoisotopic (exact) mass is 259 g/mol. The molecule has 1 aromatic rings. The van der Waals surface area contributed by atoms with E-state index in [1.807, 2.05) is 6.92 Å². The highest BCUT2D eigenvalue weighted by atomic mass is 19.1. The summed E-state index contributed by atoms with van der Waals surface area (Å²) in [6.45, 7) is 3.71. The third kappa shape index (κ3) is 4.01. The van der Waals surface area contributed by atoms with Gasteiger partial charge in [0.25, 0.3) is 0 Å². The predicted molar refractivity (Wildman–Crippen MR) is 65.1 cm³/mol. The predicted octanol–water partition coefficient (Wildman–Crippen LogP) is 1.75. The van der Waals surface area contributed by atoms with E-state index in [0.29, 0.717) is 6.42 Å². The minimum atomic E-state index is -1.15. The van der Waals surface area contributed by atoms with Gasteiger partial charge in [-0.25, -0.2) is 8.78 Å². The number of halogens is 2. The molecule has 1 aromatic carbocycles. The molecule has 3 atom stereocenters. The van der Waals surface area contributed by atoms with Gasteiger partial charge in [-0.15, -0.1) is 0 Å². The standard InChI is InChI=1S/C13H19F2NO2/c1-3-12(16-7-8(2)17)13(18)10-6-9(14)4-5-11(10)15/h4-6,8,12-13,16-18H,3,7H2,1-2H3. The second-order valence-corrected chi connectivity index (χ2v) is 4.38. The highest BCUT2D eigenvalue weighted by molar-refractivity contribution is 5.22. The lowest BCUT2D eigenvalue weighted by atomic mass is 9.99. The van der Waals surface area contributed by atoms with Crippen molar-refractivity contribution in [2.24, 2.45) is 0 Å². The molecule has 5 heteroatoms. The maximum atomic E-state index is 13.5. The summed E-state index contributed by atoms with van der Waals surface area (Å²) in [6.07, 6.45) is -1.18. The fourth-order valence-corrected chi connectivity index (χ4v) is 1.76. The lowest BCUT2D eigenvalue weighted by Crippen LogP contribution is -2.38. The van der Waals surface area contributed by atoms with Crippen molar-refractivity contribution >= 4 is 0 Å². The van der Waals surface area contributed by atoms with Crippen LogP contribution in [0.15, 0.2) is 18.2 Å². The van der Waals surface area contributed by atoms with Gasteiger partial charge in [0.1, 0.15) is 11.6 Å². The van der Waals surface area contributed by atoms with E-state index < -0.39 is 29.9 Å². The van der Waals surface area contributed by atoms with Crippen LogP contribution < -0.4 is 5.32 Å². The van der Waals surface area contributed by atoms with Crippen LogP contribution in [0.5, 0.6) is 0 Å². The van der Waals surface area contributed by atoms with Crippen molar-refractivity contribution in [1.82, 2.24) is 5.32 Å². The van der Waals surface area contributed by atoms with Gasteiger partial charge in [0.2, 0.25) is 0 Å². The Labute approximate surface area is 105 Å². The Balaban J connectivity index is 2.82. The van der Waals surface area contributed by atoms with Crippen LogP contribution >= 0.6 is 0 Å². The Bertz CT molecular complexity index is 385. The average Bonchev–Trinajstić information content (AvgIpc) is 2.32. The molecule has 0 aliphatic heterocycles. The van der Waals surface area contributed by atoms with Gasteiger partial charge < -0.3 is 15.5 Å². The molecule has 1 rings (SSSR count). The molecule has 0 aliphatic carbocycles. The molecule has 0 radical (unpaired) electrons. The van der Waals surface area contributed by atoms with Crippen LogP contribution in [0.1, 0.15) is 31.9 Å². The Morgan fingerprint density at radius 2 is 1.94 bits per heavy atom. The second kappa shape index (κ2) is 6.78. The molecule has 0 spiro atoms. The van der Waals surface area contributed by atoms with Gasteiger partial charge in [0.15, 0.2) is 0 Å². The van der Waals surface area contributed by atoms with Gasteiger partial charge >= 0.3 is 0 Å². The number of aliphatic hydroxyl groups excluding tert-OH is 2. The number of hydrogen-bond donors (Lipinski definition) is 3. The Hall–Kier alpha value is -1.04. The smallest absolute Gasteiger partial charge is 0.129 e. The Morgan fingerprint density at radius 1 is 1.28 bits per heavy atom. The Morgan fingerprint density at radius 3 is 2.50 bits per heavy atom. The van der Waals surface area contributed by atoms with Gasteiger partial charge in [-0.1, -0.05) is 6.92 Å². The van der Waals surface area contributed by atoms with Crippen molar-refractivity contribution in [3.05, 3.63) is 35.4 Å². The Kier molecular flexibility index (Phi) is 5.65. The molecule has 0 heterocycles. The van der Waals surface area contributed by atoms with Gasteiger partial charge in [-0.3, -0.25) is 0 Å². The molecule has 3 nitrogen and oxygen atoms in total. The summed E-state index contributed by atoms with van der Waals surface area (Å²) < 4.78 is 26.6. The van der Waals surface area contributed by atoms with Crippen LogP contribution in [0.2, 0.25) is 0 Å². The number of benzene rings is 1. The molecule has 0 saturated heterocycles. The zero-order chi connectivity index (χ0) is 13.7. The molecule has 102 valence electrons. The van der Waals surface area contributed by atoms with E-state index in [-0.39, 0.29) is 12.1 Å². The normalized spacial score (nSPS) is 16.3. The summed E-state index contributed by atoms with van der Waals surface area (Å²) in [5.41, 5.74) is -0.0695. The van der Waals surface area contributed by atoms with E-state index in [1.165, 1.54) is 0 Å². The molecular weight excluding hydrogens is 240 g/mol. The van der Waals surface area contributed by atoms with Crippen LogP contribution in [0.4, 0.5) is 8.78 Å². The first-order chi connectivity index (χ1) is 8.45. The first-order valence-corrected chi connectivity index (χ1v) is 6.00. The summed E-state index contributed by atoms with van der Waals surface area (Å²) in [5, 5.41) is 22.1. The molecule has 18 heavy (non-hydrogen) atoms. The van der Waals surface area contributed by atoms with E-state index >= 15 is 0 Å². The molecule has 0 amide bonds. The number of rotatable bonds is 6. The van der Waals surface area contributed by atoms with Crippen LogP contribution in [0.3, 0.4) is 0 Å². The third-order valence-corrected chi connectivity index (χ3v) is 2.77. The van der Waals surface area contributed by atoms with E-state index in [0.717, 1.165) is 18.2 Å². The topological polar surface area (TPSA) is 52.5 Å². The van der Waals surface area contributed by atoms with Crippen LogP contribution in [0, 0.1) is 11.6 Å². The molecule has 0 aliphatic rings. The van der Waals surface area contributed by atoms with Crippen molar-refractivity contribution in [3.63, 3.8) is 0 Å². The van der Waals surface area contributed by atoms with Crippen molar-refractivity contribution in [1.29, 1.82) is 0 Å². The van der Waals surface area contributed by atoms with Gasteiger partial charge in [-0.2, -0.15) is 0 Å². The first kappa shape index (κ1) is 15.0. The van der Waals surface area contributed by atoms with Gasteiger partial charge in [0.05, 0.1) is 12.2 Å². The number of hydrogen-bond acceptors (Lipinski definition) is 3. The van der Waals surface area contributed by atoms with E-state index in [2.05, 4.69) is 5.32 Å². The molecule has 0 fully saturated rings. The maximum Gasteiger partial charge on any atom is 0.129 e. The SMILES string of the molecule is CCC(NCC(C)O)C(O)c1cc(F)ccc1F. The highest BCUT2D eigenvalue weighted by Gasteiger charge is 2.22. The zero-order valence-electron chi connectivity index (χ0n) is 10.5. The van der Waals surface area contributed by atoms with Crippen LogP contribution in [-0.4, -0.2) is 28.9 Å². The van der Waals surface area contributed by atoms with Crippen molar-refractivity contribution in [2.75, 3.05) is 6.54 Å². The summed E-state index contributed by atoms with van der Waals surface area (Å²) in [6, 6.07) is 2.56.